The third-order valence-corrected chi connectivity index (χ3v) is 3.16. The van der Waals surface area contributed by atoms with Gasteiger partial charge >= 0.3 is 0 Å². The van der Waals surface area contributed by atoms with Crippen LogP contribution in [0.15, 0.2) is 12.4 Å². The van der Waals surface area contributed by atoms with E-state index in [4.69, 9.17) is 0 Å². The minimum absolute atomic E-state index is 0.755. The summed E-state index contributed by atoms with van der Waals surface area (Å²) >= 11 is 0. The SMILES string of the molecule is CC(C)CNCCCCCN(C)Cc1cnn(C)c1. The summed E-state index contributed by atoms with van der Waals surface area (Å²) in [5, 5.41) is 7.69. The highest BCUT2D eigenvalue weighted by Crippen LogP contribution is 2.03. The molecule has 0 unspecified atom stereocenters. The van der Waals surface area contributed by atoms with E-state index in [-0.39, 0.29) is 0 Å². The Labute approximate surface area is 118 Å². The smallest absolute Gasteiger partial charge is 0.0534 e. The van der Waals surface area contributed by atoms with Crippen LogP contribution in [0.4, 0.5) is 0 Å². The first kappa shape index (κ1) is 16.2. The van der Waals surface area contributed by atoms with Gasteiger partial charge in [-0.1, -0.05) is 20.3 Å². The molecular weight excluding hydrogens is 236 g/mol. The summed E-state index contributed by atoms with van der Waals surface area (Å²) in [5.74, 6) is 0.755. The highest BCUT2D eigenvalue weighted by Gasteiger charge is 2.02. The molecule has 0 bridgehead atoms. The molecule has 0 saturated carbocycles. The Morgan fingerprint density at radius 2 is 2.11 bits per heavy atom. The maximum atomic E-state index is 4.20. The topological polar surface area (TPSA) is 33.1 Å². The lowest BCUT2D eigenvalue weighted by Crippen LogP contribution is -2.21. The molecule has 0 aliphatic carbocycles. The first-order chi connectivity index (χ1) is 9.08. The first-order valence-corrected chi connectivity index (χ1v) is 7.44. The average Bonchev–Trinajstić information content (AvgIpc) is 2.73. The predicted octanol–water partition coefficient (Wildman–Crippen LogP) is 2.27. The summed E-state index contributed by atoms with van der Waals surface area (Å²) in [5.41, 5.74) is 1.30. The Bertz CT molecular complexity index is 333. The van der Waals surface area contributed by atoms with Crippen LogP contribution in [0.1, 0.15) is 38.7 Å². The highest BCUT2D eigenvalue weighted by molar-refractivity contribution is 5.02. The van der Waals surface area contributed by atoms with Crippen molar-refractivity contribution in [3.63, 3.8) is 0 Å². The van der Waals surface area contributed by atoms with Crippen molar-refractivity contribution in [2.45, 2.75) is 39.7 Å². The van der Waals surface area contributed by atoms with Gasteiger partial charge < -0.3 is 10.2 Å². The van der Waals surface area contributed by atoms with E-state index in [1.165, 1.54) is 31.4 Å². The lowest BCUT2D eigenvalue weighted by Gasteiger charge is -2.15. The van der Waals surface area contributed by atoms with Crippen LogP contribution in [0.2, 0.25) is 0 Å². The fourth-order valence-corrected chi connectivity index (χ4v) is 2.14. The average molecular weight is 266 g/mol. The minimum atomic E-state index is 0.755. The summed E-state index contributed by atoms with van der Waals surface area (Å²) in [4.78, 5) is 2.37. The van der Waals surface area contributed by atoms with Crippen molar-refractivity contribution in [1.29, 1.82) is 0 Å². The molecule has 0 amide bonds. The van der Waals surface area contributed by atoms with Crippen LogP contribution in [0.25, 0.3) is 0 Å². The van der Waals surface area contributed by atoms with Crippen LogP contribution in [-0.2, 0) is 13.6 Å². The number of nitrogens with one attached hydrogen (secondary N) is 1. The minimum Gasteiger partial charge on any atom is -0.316 e. The predicted molar refractivity (Wildman–Crippen MR) is 81.1 cm³/mol. The molecule has 1 aromatic rings. The molecule has 4 nitrogen and oxygen atoms in total. The van der Waals surface area contributed by atoms with Gasteiger partial charge in [0.2, 0.25) is 0 Å². The maximum absolute atomic E-state index is 4.20. The molecule has 0 atom stereocenters. The van der Waals surface area contributed by atoms with Crippen LogP contribution < -0.4 is 5.32 Å². The number of hydrogen-bond donors (Lipinski definition) is 1. The van der Waals surface area contributed by atoms with E-state index in [0.717, 1.165) is 25.6 Å². The number of hydrogen-bond acceptors (Lipinski definition) is 3. The van der Waals surface area contributed by atoms with Gasteiger partial charge in [-0.3, -0.25) is 4.68 Å². The van der Waals surface area contributed by atoms with Gasteiger partial charge in [0.05, 0.1) is 6.20 Å². The maximum Gasteiger partial charge on any atom is 0.0534 e. The van der Waals surface area contributed by atoms with Crippen molar-refractivity contribution in [2.24, 2.45) is 13.0 Å². The molecule has 110 valence electrons. The van der Waals surface area contributed by atoms with Crippen LogP contribution >= 0.6 is 0 Å². The van der Waals surface area contributed by atoms with Gasteiger partial charge in [0.25, 0.3) is 0 Å². The molecule has 19 heavy (non-hydrogen) atoms. The van der Waals surface area contributed by atoms with Gasteiger partial charge in [-0.2, -0.15) is 5.10 Å². The second kappa shape index (κ2) is 9.10. The Balaban J connectivity index is 1.97. The zero-order valence-corrected chi connectivity index (χ0v) is 13.0. The van der Waals surface area contributed by atoms with Crippen LogP contribution in [0.5, 0.6) is 0 Å². The second-order valence-corrected chi connectivity index (χ2v) is 5.92. The molecular formula is C15H30N4. The summed E-state index contributed by atoms with van der Waals surface area (Å²) in [6.45, 7) is 8.96. The Kier molecular flexibility index (Phi) is 7.75. The molecule has 4 heteroatoms. The lowest BCUT2D eigenvalue weighted by molar-refractivity contribution is 0.316. The van der Waals surface area contributed by atoms with Crippen LogP contribution in [0, 0.1) is 5.92 Å². The van der Waals surface area contributed by atoms with E-state index >= 15 is 0 Å². The fourth-order valence-electron chi connectivity index (χ4n) is 2.14. The third kappa shape index (κ3) is 8.01. The van der Waals surface area contributed by atoms with E-state index < -0.39 is 0 Å². The monoisotopic (exact) mass is 266 g/mol. The van der Waals surface area contributed by atoms with E-state index in [9.17, 15) is 0 Å². The summed E-state index contributed by atoms with van der Waals surface area (Å²) in [6, 6.07) is 0. The molecule has 1 heterocycles. The van der Waals surface area contributed by atoms with Crippen molar-refractivity contribution < 1.29 is 0 Å². The van der Waals surface area contributed by atoms with Crippen molar-refractivity contribution in [2.75, 3.05) is 26.7 Å². The Morgan fingerprint density at radius 1 is 1.32 bits per heavy atom. The van der Waals surface area contributed by atoms with Gasteiger partial charge in [0.15, 0.2) is 0 Å². The van der Waals surface area contributed by atoms with Gasteiger partial charge in [0, 0.05) is 25.4 Å². The molecule has 0 aliphatic heterocycles. The standard InChI is InChI=1S/C15H30N4/c1-14(2)10-16-8-6-5-7-9-18(3)12-15-11-17-19(4)13-15/h11,13-14,16H,5-10,12H2,1-4H3. The number of unbranched alkanes of at least 4 members (excludes halogenated alkanes) is 2. The van der Waals surface area contributed by atoms with Gasteiger partial charge in [-0.25, -0.2) is 0 Å². The van der Waals surface area contributed by atoms with Crippen molar-refractivity contribution in [1.82, 2.24) is 20.0 Å². The number of aromatic nitrogens is 2. The Hall–Kier alpha value is -0.870. The molecule has 0 saturated heterocycles. The molecule has 0 spiro atoms. The number of nitrogens with zero attached hydrogens (tertiary/aromatic N) is 3. The van der Waals surface area contributed by atoms with Crippen molar-refractivity contribution in [3.05, 3.63) is 18.0 Å². The highest BCUT2D eigenvalue weighted by atomic mass is 15.2. The largest absolute Gasteiger partial charge is 0.316 e. The Morgan fingerprint density at radius 3 is 2.74 bits per heavy atom. The van der Waals surface area contributed by atoms with Gasteiger partial charge in [-0.15, -0.1) is 0 Å². The number of aryl methyl sites for hydroxylation is 1. The molecule has 0 fully saturated rings. The summed E-state index contributed by atoms with van der Waals surface area (Å²) in [7, 11) is 4.15. The zero-order chi connectivity index (χ0) is 14.1. The van der Waals surface area contributed by atoms with Crippen molar-refractivity contribution >= 4 is 0 Å². The number of rotatable bonds is 10. The van der Waals surface area contributed by atoms with Crippen LogP contribution in [-0.4, -0.2) is 41.4 Å². The van der Waals surface area contributed by atoms with Gasteiger partial charge in [-0.05, 0) is 45.4 Å². The molecule has 0 aromatic carbocycles. The molecule has 1 rings (SSSR count). The van der Waals surface area contributed by atoms with E-state index in [1.807, 2.05) is 17.9 Å². The quantitative estimate of drug-likeness (QED) is 0.660. The van der Waals surface area contributed by atoms with E-state index in [1.54, 1.807) is 0 Å². The normalized spacial score (nSPS) is 11.7. The molecule has 0 radical (unpaired) electrons. The molecule has 1 aromatic heterocycles. The lowest BCUT2D eigenvalue weighted by atomic mass is 10.2. The fraction of sp³-hybridized carbons (Fsp3) is 0.800. The zero-order valence-electron chi connectivity index (χ0n) is 13.0. The first-order valence-electron chi connectivity index (χ1n) is 7.44. The van der Waals surface area contributed by atoms with Crippen LogP contribution in [0.3, 0.4) is 0 Å². The van der Waals surface area contributed by atoms with E-state index in [2.05, 4.69) is 42.4 Å². The summed E-state index contributed by atoms with van der Waals surface area (Å²) < 4.78 is 1.86. The molecule has 1 N–H and O–H groups in total. The molecule has 0 aliphatic rings. The van der Waals surface area contributed by atoms with Gasteiger partial charge in [0.1, 0.15) is 0 Å². The summed E-state index contributed by atoms with van der Waals surface area (Å²) in [6.07, 6.45) is 7.91. The second-order valence-electron chi connectivity index (χ2n) is 5.92. The third-order valence-electron chi connectivity index (χ3n) is 3.16. The van der Waals surface area contributed by atoms with E-state index in [0.29, 0.717) is 0 Å². The van der Waals surface area contributed by atoms with Crippen molar-refractivity contribution in [3.8, 4) is 0 Å².